The van der Waals surface area contributed by atoms with E-state index in [9.17, 15) is 14.4 Å². The van der Waals surface area contributed by atoms with Crippen molar-refractivity contribution in [2.45, 2.75) is 0 Å². The molecule has 0 amide bonds. The number of rotatable bonds is 6. The lowest BCUT2D eigenvalue weighted by Gasteiger charge is -2.11. The number of Topliss-reactive ketones (excluding diaryl/α,β-unsaturated/α-hetero) is 3. The van der Waals surface area contributed by atoms with Gasteiger partial charge in [0.15, 0.2) is 23.0 Å². The van der Waals surface area contributed by atoms with Gasteiger partial charge in [-0.2, -0.15) is 0 Å². The maximum absolute atomic E-state index is 13.3. The molecule has 9 heteroatoms. The summed E-state index contributed by atoms with van der Waals surface area (Å²) in [5, 5.41) is 0. The number of ether oxygens (including phenoxy) is 4. The quantitative estimate of drug-likeness (QED) is 0.237. The summed E-state index contributed by atoms with van der Waals surface area (Å²) >= 11 is 0. The molecule has 6 rings (SSSR count). The van der Waals surface area contributed by atoms with E-state index in [-0.39, 0.29) is 47.3 Å². The predicted molar refractivity (Wildman–Crippen MR) is 114 cm³/mol. The van der Waals surface area contributed by atoms with Crippen molar-refractivity contribution >= 4 is 17.3 Å². The molecule has 0 N–H and O–H groups in total. The lowest BCUT2D eigenvalue weighted by molar-refractivity contribution is -0.111. The van der Waals surface area contributed by atoms with Crippen molar-refractivity contribution in [1.82, 2.24) is 0 Å². The second kappa shape index (κ2) is 7.66. The van der Waals surface area contributed by atoms with Gasteiger partial charge in [-0.1, -0.05) is 0 Å². The molecule has 0 atom stereocenters. The molecule has 0 bridgehead atoms. The van der Waals surface area contributed by atoms with Crippen LogP contribution in [0.15, 0.2) is 69.9 Å². The zero-order chi connectivity index (χ0) is 23.2. The number of carbonyl (C=O) groups excluding carboxylic acids is 3. The Morgan fingerprint density at radius 1 is 0.588 bits per heavy atom. The molecule has 2 aliphatic heterocycles. The topological polar surface area (TPSA) is 114 Å². The number of fused-ring (bicyclic) bond motifs is 2. The van der Waals surface area contributed by atoms with Gasteiger partial charge in [0.1, 0.15) is 11.5 Å². The molecule has 2 aromatic carbocycles. The van der Waals surface area contributed by atoms with E-state index in [0.29, 0.717) is 23.0 Å². The molecule has 4 aromatic rings. The second-order valence-electron chi connectivity index (χ2n) is 7.39. The first-order valence-electron chi connectivity index (χ1n) is 10.2. The van der Waals surface area contributed by atoms with Crippen molar-refractivity contribution in [1.29, 1.82) is 0 Å². The smallest absolute Gasteiger partial charge is 0.273 e. The Morgan fingerprint density at radius 3 is 1.47 bits per heavy atom. The van der Waals surface area contributed by atoms with Crippen LogP contribution < -0.4 is 18.9 Å². The summed E-state index contributed by atoms with van der Waals surface area (Å²) in [5.41, 5.74) is 0.391. The fourth-order valence-corrected chi connectivity index (χ4v) is 4.00. The summed E-state index contributed by atoms with van der Waals surface area (Å²) in [5.74, 6) is -1.35. The number of carbonyl (C=O) groups is 3. The van der Waals surface area contributed by atoms with Gasteiger partial charge >= 0.3 is 0 Å². The van der Waals surface area contributed by atoms with Crippen LogP contribution in [0, 0.1) is 0 Å². The van der Waals surface area contributed by atoms with Crippen LogP contribution >= 0.6 is 0 Å². The molecule has 4 heterocycles. The Balaban J connectivity index is 1.43. The van der Waals surface area contributed by atoms with Crippen LogP contribution in [0.3, 0.4) is 0 Å². The molecule has 2 aliphatic rings. The number of ketones is 3. The zero-order valence-corrected chi connectivity index (χ0v) is 17.4. The van der Waals surface area contributed by atoms with Crippen LogP contribution in [0.1, 0.15) is 20.7 Å². The predicted octanol–water partition coefficient (Wildman–Crippen LogP) is 4.30. The SMILES string of the molecule is O=C(C(=O)c1ccc2c(c1-c1ccco1)OCO2)C(=O)c1ccc2c(c1-c1ccco1)OCO2. The normalized spacial score (nSPS) is 13.2. The summed E-state index contributed by atoms with van der Waals surface area (Å²) in [7, 11) is 0. The summed E-state index contributed by atoms with van der Waals surface area (Å²) in [6.45, 7) is -0.0888. The fraction of sp³-hybridized carbons (Fsp3) is 0.0800. The van der Waals surface area contributed by atoms with Crippen LogP contribution in [-0.2, 0) is 4.79 Å². The van der Waals surface area contributed by atoms with Crippen molar-refractivity contribution in [3.8, 4) is 45.6 Å². The minimum atomic E-state index is -1.24. The van der Waals surface area contributed by atoms with E-state index in [4.69, 9.17) is 27.8 Å². The van der Waals surface area contributed by atoms with E-state index in [2.05, 4.69) is 0 Å². The molecule has 0 radical (unpaired) electrons. The number of benzene rings is 2. The summed E-state index contributed by atoms with van der Waals surface area (Å²) in [6.07, 6.45) is 2.85. The first-order chi connectivity index (χ1) is 16.6. The molecular weight excluding hydrogens is 444 g/mol. The number of hydrogen-bond acceptors (Lipinski definition) is 9. The van der Waals surface area contributed by atoms with Gasteiger partial charge in [0.2, 0.25) is 25.2 Å². The second-order valence-corrected chi connectivity index (χ2v) is 7.39. The summed E-state index contributed by atoms with van der Waals surface area (Å²) < 4.78 is 32.7. The standard InChI is InChI=1S/C25H14O9/c26-21(13-5-7-17-24(33-11-31-17)19(13)15-3-1-9-29-15)23(28)22(27)14-6-8-18-25(34-12-32-18)20(14)16-4-2-10-30-16/h1-10H,11-12H2. The average Bonchev–Trinajstić information content (AvgIpc) is 3.68. The van der Waals surface area contributed by atoms with E-state index in [1.54, 1.807) is 24.3 Å². The zero-order valence-electron chi connectivity index (χ0n) is 17.4. The van der Waals surface area contributed by atoms with Gasteiger partial charge in [-0.15, -0.1) is 0 Å². The Kier molecular flexibility index (Phi) is 4.48. The van der Waals surface area contributed by atoms with E-state index < -0.39 is 17.3 Å². The molecule has 168 valence electrons. The van der Waals surface area contributed by atoms with Crippen molar-refractivity contribution in [3.05, 3.63) is 72.2 Å². The van der Waals surface area contributed by atoms with E-state index in [1.807, 2.05) is 0 Å². The molecular formula is C25H14O9. The molecule has 34 heavy (non-hydrogen) atoms. The van der Waals surface area contributed by atoms with Crippen molar-refractivity contribution in [2.24, 2.45) is 0 Å². The largest absolute Gasteiger partial charge is 0.464 e. The van der Waals surface area contributed by atoms with Gasteiger partial charge in [0.25, 0.3) is 5.78 Å². The highest BCUT2D eigenvalue weighted by atomic mass is 16.7. The molecule has 0 saturated carbocycles. The molecule has 0 unspecified atom stereocenters. The summed E-state index contributed by atoms with van der Waals surface area (Å²) in [6, 6.07) is 12.3. The molecule has 0 saturated heterocycles. The molecule has 9 nitrogen and oxygen atoms in total. The number of hydrogen-bond donors (Lipinski definition) is 0. The van der Waals surface area contributed by atoms with Crippen LogP contribution in [-0.4, -0.2) is 30.9 Å². The lowest BCUT2D eigenvalue weighted by atomic mass is 9.92. The highest BCUT2D eigenvalue weighted by Crippen LogP contribution is 2.45. The Bertz CT molecular complexity index is 1340. The Labute approximate surface area is 191 Å². The highest BCUT2D eigenvalue weighted by Gasteiger charge is 2.35. The van der Waals surface area contributed by atoms with Gasteiger partial charge in [0.05, 0.1) is 23.7 Å². The van der Waals surface area contributed by atoms with Crippen molar-refractivity contribution in [3.63, 3.8) is 0 Å². The average molecular weight is 458 g/mol. The maximum atomic E-state index is 13.3. The van der Waals surface area contributed by atoms with E-state index in [0.717, 1.165) is 0 Å². The van der Waals surface area contributed by atoms with Crippen LogP contribution in [0.4, 0.5) is 0 Å². The van der Waals surface area contributed by atoms with Gasteiger partial charge in [-0.05, 0) is 48.5 Å². The van der Waals surface area contributed by atoms with Crippen LogP contribution in [0.5, 0.6) is 23.0 Å². The minimum Gasteiger partial charge on any atom is -0.464 e. The lowest BCUT2D eigenvalue weighted by Crippen LogP contribution is -2.25. The monoisotopic (exact) mass is 458 g/mol. The van der Waals surface area contributed by atoms with Gasteiger partial charge in [0, 0.05) is 11.1 Å². The Hall–Kier alpha value is -4.79. The third kappa shape index (κ3) is 2.98. The van der Waals surface area contributed by atoms with Gasteiger partial charge in [-0.25, -0.2) is 0 Å². The third-order valence-electron chi connectivity index (χ3n) is 5.52. The van der Waals surface area contributed by atoms with Crippen LogP contribution in [0.25, 0.3) is 22.6 Å². The van der Waals surface area contributed by atoms with E-state index in [1.165, 1.54) is 36.8 Å². The molecule has 0 aliphatic carbocycles. The van der Waals surface area contributed by atoms with Gasteiger partial charge < -0.3 is 27.8 Å². The first kappa shape index (κ1) is 19.9. The third-order valence-corrected chi connectivity index (χ3v) is 5.52. The molecule has 0 spiro atoms. The Morgan fingerprint density at radius 2 is 1.06 bits per heavy atom. The molecule has 0 fully saturated rings. The minimum absolute atomic E-state index is 0.0437. The molecule has 2 aromatic heterocycles. The van der Waals surface area contributed by atoms with Crippen LogP contribution in [0.2, 0.25) is 0 Å². The van der Waals surface area contributed by atoms with Crippen molar-refractivity contribution in [2.75, 3.05) is 13.6 Å². The highest BCUT2D eigenvalue weighted by molar-refractivity contribution is 6.70. The maximum Gasteiger partial charge on any atom is 0.273 e. The van der Waals surface area contributed by atoms with Crippen molar-refractivity contribution < 1.29 is 42.2 Å². The number of furan rings is 2. The van der Waals surface area contributed by atoms with E-state index >= 15 is 0 Å². The first-order valence-corrected chi connectivity index (χ1v) is 10.2. The fourth-order valence-electron chi connectivity index (χ4n) is 4.00. The summed E-state index contributed by atoms with van der Waals surface area (Å²) in [4.78, 5) is 39.8. The van der Waals surface area contributed by atoms with Gasteiger partial charge in [-0.3, -0.25) is 14.4 Å².